The lowest BCUT2D eigenvalue weighted by atomic mass is 10.0. The fraction of sp³-hybridized carbons (Fsp3) is 0.333. The summed E-state index contributed by atoms with van der Waals surface area (Å²) in [6.07, 6.45) is 0. The van der Waals surface area contributed by atoms with E-state index in [1.54, 1.807) is 7.11 Å². The first kappa shape index (κ1) is 14.4. The van der Waals surface area contributed by atoms with Gasteiger partial charge in [-0.05, 0) is 62.1 Å². The van der Waals surface area contributed by atoms with Crippen molar-refractivity contribution in [2.45, 2.75) is 33.7 Å². The van der Waals surface area contributed by atoms with Crippen molar-refractivity contribution in [3.05, 3.63) is 58.7 Å². The predicted molar refractivity (Wildman–Crippen MR) is 85.7 cm³/mol. The van der Waals surface area contributed by atoms with Crippen molar-refractivity contribution in [3.63, 3.8) is 0 Å². The molecule has 106 valence electrons. The summed E-state index contributed by atoms with van der Waals surface area (Å²) in [6.45, 7) is 8.50. The normalized spacial score (nSPS) is 12.1. The van der Waals surface area contributed by atoms with Gasteiger partial charge in [0, 0.05) is 11.7 Å². The average molecular weight is 269 g/mol. The van der Waals surface area contributed by atoms with Crippen LogP contribution in [0, 0.1) is 20.8 Å². The summed E-state index contributed by atoms with van der Waals surface area (Å²) in [5.41, 5.74) is 6.10. The smallest absolute Gasteiger partial charge is 0.124 e. The van der Waals surface area contributed by atoms with Crippen molar-refractivity contribution >= 4 is 5.69 Å². The highest BCUT2D eigenvalue weighted by Gasteiger charge is 2.10. The van der Waals surface area contributed by atoms with Crippen molar-refractivity contribution in [1.82, 2.24) is 0 Å². The molecule has 1 atom stereocenters. The molecule has 0 radical (unpaired) electrons. The van der Waals surface area contributed by atoms with Gasteiger partial charge in [-0.3, -0.25) is 0 Å². The van der Waals surface area contributed by atoms with Crippen LogP contribution in [0.2, 0.25) is 0 Å². The second-order valence-corrected chi connectivity index (χ2v) is 5.37. The Bertz CT molecular complexity index is 581. The first-order valence-electron chi connectivity index (χ1n) is 7.00. The molecule has 0 spiro atoms. The van der Waals surface area contributed by atoms with Crippen LogP contribution in [0.25, 0.3) is 0 Å². The van der Waals surface area contributed by atoms with E-state index in [9.17, 15) is 0 Å². The van der Waals surface area contributed by atoms with E-state index in [2.05, 4.69) is 69.4 Å². The monoisotopic (exact) mass is 269 g/mol. The number of methoxy groups -OCH3 is 1. The van der Waals surface area contributed by atoms with Gasteiger partial charge in [-0.25, -0.2) is 0 Å². The Hall–Kier alpha value is -1.96. The Morgan fingerprint density at radius 3 is 2.10 bits per heavy atom. The third-order valence-corrected chi connectivity index (χ3v) is 3.70. The summed E-state index contributed by atoms with van der Waals surface area (Å²) in [5, 5.41) is 3.58. The quantitative estimate of drug-likeness (QED) is 0.861. The highest BCUT2D eigenvalue weighted by molar-refractivity contribution is 5.56. The Balaban J connectivity index is 2.24. The number of rotatable bonds is 4. The third-order valence-electron chi connectivity index (χ3n) is 3.70. The third kappa shape index (κ3) is 2.96. The summed E-state index contributed by atoms with van der Waals surface area (Å²) < 4.78 is 5.41. The molecule has 0 aliphatic carbocycles. The van der Waals surface area contributed by atoms with Crippen LogP contribution in [0.3, 0.4) is 0 Å². The number of anilines is 1. The van der Waals surface area contributed by atoms with E-state index >= 15 is 0 Å². The number of ether oxygens (including phenoxy) is 1. The predicted octanol–water partition coefficient (Wildman–Crippen LogP) is 4.79. The molecular weight excluding hydrogens is 246 g/mol. The molecule has 2 rings (SSSR count). The van der Waals surface area contributed by atoms with E-state index < -0.39 is 0 Å². The molecule has 0 amide bonds. The first-order chi connectivity index (χ1) is 9.52. The van der Waals surface area contributed by atoms with E-state index in [1.165, 1.54) is 11.1 Å². The van der Waals surface area contributed by atoms with Gasteiger partial charge in [0.15, 0.2) is 0 Å². The lowest BCUT2D eigenvalue weighted by Crippen LogP contribution is -2.08. The van der Waals surface area contributed by atoms with Crippen LogP contribution in [0.5, 0.6) is 5.75 Å². The van der Waals surface area contributed by atoms with Gasteiger partial charge in [-0.2, -0.15) is 0 Å². The molecule has 2 heteroatoms. The van der Waals surface area contributed by atoms with E-state index in [1.807, 2.05) is 0 Å². The molecule has 1 N–H and O–H groups in total. The average Bonchev–Trinajstić information content (AvgIpc) is 2.38. The zero-order chi connectivity index (χ0) is 14.7. The molecule has 0 heterocycles. The topological polar surface area (TPSA) is 21.3 Å². The lowest BCUT2D eigenvalue weighted by molar-refractivity contribution is 0.408. The molecule has 2 aromatic carbocycles. The van der Waals surface area contributed by atoms with Crippen molar-refractivity contribution in [2.75, 3.05) is 12.4 Å². The number of nitrogens with one attached hydrogen (secondary N) is 1. The molecule has 0 fully saturated rings. The molecule has 0 saturated heterocycles. The van der Waals surface area contributed by atoms with Crippen LogP contribution < -0.4 is 10.1 Å². The molecule has 0 unspecified atom stereocenters. The summed E-state index contributed by atoms with van der Waals surface area (Å²) in [4.78, 5) is 0. The van der Waals surface area contributed by atoms with Gasteiger partial charge >= 0.3 is 0 Å². The van der Waals surface area contributed by atoms with Crippen LogP contribution in [0.1, 0.15) is 35.2 Å². The summed E-state index contributed by atoms with van der Waals surface area (Å²) >= 11 is 0. The Morgan fingerprint density at radius 2 is 1.55 bits per heavy atom. The minimum atomic E-state index is 0.281. The molecule has 0 saturated carbocycles. The van der Waals surface area contributed by atoms with Crippen LogP contribution in [-0.2, 0) is 0 Å². The highest BCUT2D eigenvalue weighted by Crippen LogP contribution is 2.29. The van der Waals surface area contributed by atoms with Gasteiger partial charge in [-0.15, -0.1) is 0 Å². The second-order valence-electron chi connectivity index (χ2n) is 5.37. The van der Waals surface area contributed by atoms with Gasteiger partial charge in [-0.1, -0.05) is 24.3 Å². The Labute approximate surface area is 121 Å². The van der Waals surface area contributed by atoms with Gasteiger partial charge in [0.2, 0.25) is 0 Å². The summed E-state index contributed by atoms with van der Waals surface area (Å²) in [7, 11) is 1.72. The van der Waals surface area contributed by atoms with E-state index in [0.29, 0.717) is 0 Å². The molecule has 0 bridgehead atoms. The molecule has 0 aliphatic rings. The van der Waals surface area contributed by atoms with Gasteiger partial charge < -0.3 is 10.1 Å². The Morgan fingerprint density at radius 1 is 0.950 bits per heavy atom. The van der Waals surface area contributed by atoms with E-state index in [-0.39, 0.29) is 6.04 Å². The number of hydrogen-bond donors (Lipinski definition) is 1. The molecule has 0 aliphatic heterocycles. The minimum absolute atomic E-state index is 0.281. The fourth-order valence-electron chi connectivity index (χ4n) is 2.76. The molecule has 2 nitrogen and oxygen atoms in total. The molecule has 0 aromatic heterocycles. The summed E-state index contributed by atoms with van der Waals surface area (Å²) in [6, 6.07) is 13.1. The van der Waals surface area contributed by atoms with Gasteiger partial charge in [0.1, 0.15) is 5.75 Å². The van der Waals surface area contributed by atoms with Crippen LogP contribution in [-0.4, -0.2) is 7.11 Å². The summed E-state index contributed by atoms with van der Waals surface area (Å²) in [5.74, 6) is 0.971. The second kappa shape index (κ2) is 6.00. The maximum Gasteiger partial charge on any atom is 0.124 e. The maximum absolute atomic E-state index is 5.41. The largest absolute Gasteiger partial charge is 0.496 e. The van der Waals surface area contributed by atoms with Gasteiger partial charge in [0.25, 0.3) is 0 Å². The van der Waals surface area contributed by atoms with Crippen molar-refractivity contribution in [1.29, 1.82) is 0 Å². The molecule has 20 heavy (non-hydrogen) atoms. The Kier molecular flexibility index (Phi) is 4.33. The van der Waals surface area contributed by atoms with Crippen LogP contribution in [0.15, 0.2) is 36.4 Å². The van der Waals surface area contributed by atoms with E-state index in [4.69, 9.17) is 4.74 Å². The fourth-order valence-corrected chi connectivity index (χ4v) is 2.76. The number of hydrogen-bond acceptors (Lipinski definition) is 2. The lowest BCUT2D eigenvalue weighted by Gasteiger charge is -2.19. The van der Waals surface area contributed by atoms with E-state index in [0.717, 1.165) is 22.6 Å². The standard InChI is InChI=1S/C18H23NO/c1-12-8-6-7-9-17(12)15(4)19-16-10-13(2)18(20-5)14(3)11-16/h6-11,15,19H,1-5H3/t15-/m1/s1. The van der Waals surface area contributed by atoms with Crippen molar-refractivity contribution < 1.29 is 4.74 Å². The molecule has 2 aromatic rings. The SMILES string of the molecule is COc1c(C)cc(N[C@H](C)c2ccccc2C)cc1C. The van der Waals surface area contributed by atoms with Crippen molar-refractivity contribution in [3.8, 4) is 5.75 Å². The number of aryl methyl sites for hydroxylation is 3. The zero-order valence-corrected chi connectivity index (χ0v) is 12.9. The van der Waals surface area contributed by atoms with Crippen LogP contribution in [0.4, 0.5) is 5.69 Å². The van der Waals surface area contributed by atoms with Gasteiger partial charge in [0.05, 0.1) is 7.11 Å². The van der Waals surface area contributed by atoms with Crippen molar-refractivity contribution in [2.24, 2.45) is 0 Å². The first-order valence-corrected chi connectivity index (χ1v) is 7.00. The maximum atomic E-state index is 5.41. The highest BCUT2D eigenvalue weighted by atomic mass is 16.5. The minimum Gasteiger partial charge on any atom is -0.496 e. The number of benzene rings is 2. The zero-order valence-electron chi connectivity index (χ0n) is 12.9. The molecular formula is C18H23NO. The van der Waals surface area contributed by atoms with Crippen LogP contribution >= 0.6 is 0 Å².